The molecule has 0 aliphatic heterocycles. The first-order valence-electron chi connectivity index (χ1n) is 5.88. The number of methoxy groups -OCH3 is 1. The van der Waals surface area contributed by atoms with E-state index < -0.39 is 5.97 Å². The third kappa shape index (κ3) is 3.86. The second-order valence-corrected chi connectivity index (χ2v) is 4.85. The molecule has 0 amide bonds. The van der Waals surface area contributed by atoms with Crippen LogP contribution < -0.4 is 10.2 Å². The smallest absolute Gasteiger partial charge is 0.313 e. The van der Waals surface area contributed by atoms with Gasteiger partial charge in [-0.3, -0.25) is 15.1 Å². The van der Waals surface area contributed by atoms with Crippen molar-refractivity contribution in [1.82, 2.24) is 15.2 Å². The van der Waals surface area contributed by atoms with Gasteiger partial charge in [0.15, 0.2) is 11.0 Å². The Labute approximate surface area is 124 Å². The van der Waals surface area contributed by atoms with E-state index in [0.29, 0.717) is 22.3 Å². The van der Waals surface area contributed by atoms with Crippen LogP contribution in [0.2, 0.25) is 0 Å². The Balaban J connectivity index is 2.22. The molecule has 0 aliphatic rings. The molecular weight excluding hydrogens is 296 g/mol. The summed E-state index contributed by atoms with van der Waals surface area (Å²) in [6, 6.07) is 5.35. The lowest BCUT2D eigenvalue weighted by Gasteiger charge is -2.09. The van der Waals surface area contributed by atoms with Crippen LogP contribution in [0.3, 0.4) is 0 Å². The van der Waals surface area contributed by atoms with E-state index in [0.717, 1.165) is 17.4 Å². The van der Waals surface area contributed by atoms with Crippen LogP contribution in [0.5, 0.6) is 5.75 Å². The van der Waals surface area contributed by atoms with Crippen molar-refractivity contribution in [1.29, 1.82) is 0 Å². The zero-order valence-corrected chi connectivity index (χ0v) is 12.2. The van der Waals surface area contributed by atoms with Gasteiger partial charge < -0.3 is 14.8 Å². The number of rotatable bonds is 7. The van der Waals surface area contributed by atoms with Crippen LogP contribution in [0.15, 0.2) is 23.4 Å². The van der Waals surface area contributed by atoms with Crippen molar-refractivity contribution in [2.45, 2.75) is 5.16 Å². The van der Waals surface area contributed by atoms with Crippen LogP contribution in [0.4, 0.5) is 5.69 Å². The highest BCUT2D eigenvalue weighted by Crippen LogP contribution is 2.31. The molecule has 112 valence electrons. The lowest BCUT2D eigenvalue weighted by Crippen LogP contribution is -1.98. The predicted octanol–water partition coefficient (Wildman–Crippen LogP) is 1.63. The first kappa shape index (κ1) is 15.1. The molecule has 0 bridgehead atoms. The van der Waals surface area contributed by atoms with Crippen LogP contribution >= 0.6 is 11.8 Å². The van der Waals surface area contributed by atoms with Crippen molar-refractivity contribution in [2.24, 2.45) is 0 Å². The number of aromatic amines is 1. The summed E-state index contributed by atoms with van der Waals surface area (Å²) in [5.74, 6) is 0.0971. The fourth-order valence-corrected chi connectivity index (χ4v) is 2.16. The van der Waals surface area contributed by atoms with Crippen LogP contribution in [0.1, 0.15) is 0 Å². The van der Waals surface area contributed by atoms with Gasteiger partial charge in [0.2, 0.25) is 0 Å². The monoisotopic (exact) mass is 310 g/mol. The number of thioether (sulfide) groups is 1. The second-order valence-electron chi connectivity index (χ2n) is 3.88. The molecule has 3 N–H and O–H groups in total. The number of ether oxygens (including phenoxy) is 1. The van der Waals surface area contributed by atoms with Crippen molar-refractivity contribution >= 4 is 23.4 Å². The van der Waals surface area contributed by atoms with Crippen LogP contribution in [0.25, 0.3) is 11.4 Å². The quantitative estimate of drug-likeness (QED) is 0.523. The predicted molar refractivity (Wildman–Crippen MR) is 77.4 cm³/mol. The van der Waals surface area contributed by atoms with Crippen molar-refractivity contribution in [2.75, 3.05) is 25.5 Å². The number of carboxylic acids is 1. The van der Waals surface area contributed by atoms with Gasteiger partial charge in [0.25, 0.3) is 0 Å². The van der Waals surface area contributed by atoms with Crippen molar-refractivity contribution in [3.63, 3.8) is 0 Å². The lowest BCUT2D eigenvalue weighted by atomic mass is 10.1. The van der Waals surface area contributed by atoms with Gasteiger partial charge in [-0.15, -0.1) is 10.2 Å². The van der Waals surface area contributed by atoms with Gasteiger partial charge in [0.1, 0.15) is 5.75 Å². The van der Waals surface area contributed by atoms with Gasteiger partial charge >= 0.3 is 5.97 Å². The Kier molecular flexibility index (Phi) is 5.01. The molecule has 8 nitrogen and oxygen atoms in total. The molecule has 2 rings (SSSR count). The van der Waals surface area contributed by atoms with E-state index in [1.54, 1.807) is 25.3 Å². The molecule has 1 heterocycles. The Hall–Kier alpha value is -2.26. The molecule has 0 spiro atoms. The van der Waals surface area contributed by atoms with Crippen LogP contribution in [-0.4, -0.2) is 46.2 Å². The molecule has 1 aromatic heterocycles. The summed E-state index contributed by atoms with van der Waals surface area (Å²) in [5.41, 5.74) is 4.15. The molecule has 9 heteroatoms. The summed E-state index contributed by atoms with van der Waals surface area (Å²) in [4.78, 5) is 18.3. The summed E-state index contributed by atoms with van der Waals surface area (Å²) in [7, 11) is 3.06. The van der Waals surface area contributed by atoms with E-state index in [9.17, 15) is 4.79 Å². The summed E-state index contributed by atoms with van der Waals surface area (Å²) in [6.45, 7) is 0. The van der Waals surface area contributed by atoms with Crippen LogP contribution in [0, 0.1) is 0 Å². The first-order valence-corrected chi connectivity index (χ1v) is 6.87. The Bertz CT molecular complexity index is 631. The molecule has 1 aromatic carbocycles. The number of carbonyl (C=O) groups is 1. The third-order valence-electron chi connectivity index (χ3n) is 2.48. The highest BCUT2D eigenvalue weighted by atomic mass is 32.2. The maximum Gasteiger partial charge on any atom is 0.313 e. The van der Waals surface area contributed by atoms with E-state index in [1.165, 1.54) is 7.11 Å². The average molecular weight is 310 g/mol. The summed E-state index contributed by atoms with van der Waals surface area (Å²) in [6.07, 6.45) is 0. The van der Waals surface area contributed by atoms with Gasteiger partial charge in [-0.2, -0.15) is 0 Å². The molecule has 0 unspecified atom stereocenters. The minimum atomic E-state index is -0.912. The van der Waals surface area contributed by atoms with E-state index in [4.69, 9.17) is 14.7 Å². The average Bonchev–Trinajstić information content (AvgIpc) is 2.94. The highest BCUT2D eigenvalue weighted by Gasteiger charge is 2.12. The summed E-state index contributed by atoms with van der Waals surface area (Å²) < 4.78 is 5.31. The molecule has 21 heavy (non-hydrogen) atoms. The number of aromatic nitrogens is 3. The minimum absolute atomic E-state index is 0.0809. The molecular formula is C12H14N4O4S. The zero-order valence-electron chi connectivity index (χ0n) is 11.4. The van der Waals surface area contributed by atoms with E-state index in [1.807, 2.05) is 0 Å². The maximum atomic E-state index is 10.5. The van der Waals surface area contributed by atoms with Crippen molar-refractivity contribution < 1.29 is 19.5 Å². The number of benzene rings is 1. The van der Waals surface area contributed by atoms with Gasteiger partial charge in [-0.1, -0.05) is 11.8 Å². The first-order chi connectivity index (χ1) is 10.1. The maximum absolute atomic E-state index is 10.5. The fourth-order valence-electron chi connectivity index (χ4n) is 1.63. The fraction of sp³-hybridized carbons (Fsp3) is 0.250. The largest absolute Gasteiger partial charge is 0.496 e. The van der Waals surface area contributed by atoms with Crippen LogP contribution in [-0.2, 0) is 9.63 Å². The number of aliphatic carboxylic acids is 1. The van der Waals surface area contributed by atoms with Gasteiger partial charge in [-0.25, -0.2) is 0 Å². The van der Waals surface area contributed by atoms with Gasteiger partial charge in [0.05, 0.1) is 31.2 Å². The number of hydrogen-bond acceptors (Lipinski definition) is 7. The van der Waals surface area contributed by atoms with E-state index in [2.05, 4.69) is 20.7 Å². The number of H-pyrrole nitrogens is 1. The zero-order chi connectivity index (χ0) is 15.2. The Morgan fingerprint density at radius 3 is 2.90 bits per heavy atom. The molecule has 0 fully saturated rings. The SMILES string of the molecule is CONc1ccc(-c2nnc(SCC(=O)O)[nH]2)c(OC)c1. The Morgan fingerprint density at radius 1 is 1.43 bits per heavy atom. The summed E-state index contributed by atoms with van der Waals surface area (Å²) in [5, 5.41) is 17.0. The molecule has 0 saturated heterocycles. The summed E-state index contributed by atoms with van der Waals surface area (Å²) >= 11 is 1.07. The molecule has 0 aliphatic carbocycles. The van der Waals surface area contributed by atoms with E-state index >= 15 is 0 Å². The highest BCUT2D eigenvalue weighted by molar-refractivity contribution is 7.99. The number of nitrogens with one attached hydrogen (secondary N) is 2. The number of hydrogen-bond donors (Lipinski definition) is 3. The number of carboxylic acid groups (broad SMARTS) is 1. The lowest BCUT2D eigenvalue weighted by molar-refractivity contribution is -0.133. The molecule has 0 radical (unpaired) electrons. The third-order valence-corrected chi connectivity index (χ3v) is 3.32. The van der Waals surface area contributed by atoms with E-state index in [-0.39, 0.29) is 5.75 Å². The molecule has 0 atom stereocenters. The minimum Gasteiger partial charge on any atom is -0.496 e. The topological polar surface area (TPSA) is 109 Å². The standard InChI is InChI=1S/C12H14N4O4S/c1-19-9-5-7(16-20-2)3-4-8(9)11-13-12(15-14-11)21-6-10(17)18/h3-5,16H,6H2,1-2H3,(H,17,18)(H,13,14,15). The van der Waals surface area contributed by atoms with Crippen molar-refractivity contribution in [3.8, 4) is 17.1 Å². The normalized spacial score (nSPS) is 10.4. The number of anilines is 1. The second kappa shape index (κ2) is 6.95. The van der Waals surface area contributed by atoms with Gasteiger partial charge in [0, 0.05) is 6.07 Å². The Morgan fingerprint density at radius 2 is 2.24 bits per heavy atom. The molecule has 0 saturated carbocycles. The molecule has 2 aromatic rings. The van der Waals surface area contributed by atoms with Gasteiger partial charge in [-0.05, 0) is 12.1 Å². The van der Waals surface area contributed by atoms with Crippen molar-refractivity contribution in [3.05, 3.63) is 18.2 Å². The number of nitrogens with zero attached hydrogens (tertiary/aromatic N) is 2.